The summed E-state index contributed by atoms with van der Waals surface area (Å²) in [5.74, 6) is 1.13. The molecule has 0 aliphatic carbocycles. The van der Waals surface area contributed by atoms with Gasteiger partial charge in [0.2, 0.25) is 0 Å². The summed E-state index contributed by atoms with van der Waals surface area (Å²) in [5, 5.41) is 0. The quantitative estimate of drug-likeness (QED) is 0.801. The molecule has 3 heteroatoms. The fourth-order valence-corrected chi connectivity index (χ4v) is 1.53. The third-order valence-electron chi connectivity index (χ3n) is 2.36. The molecule has 0 bridgehead atoms. The predicted octanol–water partition coefficient (Wildman–Crippen LogP) is 1.81. The summed E-state index contributed by atoms with van der Waals surface area (Å²) in [6, 6.07) is 2.10. The number of aromatic nitrogens is 2. The average Bonchev–Trinajstić information content (AvgIpc) is 2.17. The van der Waals surface area contributed by atoms with Crippen LogP contribution in [0.25, 0.3) is 0 Å². The van der Waals surface area contributed by atoms with Crippen LogP contribution in [0.1, 0.15) is 32.2 Å². The molecular formula is C12H21N3. The van der Waals surface area contributed by atoms with Crippen LogP contribution in [0, 0.1) is 11.8 Å². The van der Waals surface area contributed by atoms with Crippen LogP contribution in [0.4, 0.5) is 0 Å². The Kier molecular flexibility index (Phi) is 4.69. The van der Waals surface area contributed by atoms with Crippen molar-refractivity contribution in [3.63, 3.8) is 0 Å². The molecule has 1 rings (SSSR count). The average molecular weight is 207 g/mol. The third-order valence-corrected chi connectivity index (χ3v) is 2.36. The van der Waals surface area contributed by atoms with E-state index < -0.39 is 0 Å². The zero-order valence-electron chi connectivity index (χ0n) is 9.90. The van der Waals surface area contributed by atoms with E-state index in [2.05, 4.69) is 36.8 Å². The van der Waals surface area contributed by atoms with E-state index in [-0.39, 0.29) is 0 Å². The summed E-state index contributed by atoms with van der Waals surface area (Å²) in [4.78, 5) is 8.54. The van der Waals surface area contributed by atoms with Crippen LogP contribution in [0.5, 0.6) is 0 Å². The van der Waals surface area contributed by atoms with Crippen molar-refractivity contribution in [3.8, 4) is 0 Å². The molecular weight excluding hydrogens is 186 g/mol. The van der Waals surface area contributed by atoms with Gasteiger partial charge < -0.3 is 5.73 Å². The van der Waals surface area contributed by atoms with Crippen molar-refractivity contribution in [1.82, 2.24) is 9.97 Å². The summed E-state index contributed by atoms with van der Waals surface area (Å²) in [5.41, 5.74) is 7.84. The monoisotopic (exact) mass is 207 g/mol. The Morgan fingerprint density at radius 1 is 1.13 bits per heavy atom. The molecule has 0 aromatic carbocycles. The SMILES string of the molecule is CC(C)Cc1cc(CC(C)CN)ncn1. The van der Waals surface area contributed by atoms with E-state index in [1.165, 1.54) is 0 Å². The Morgan fingerprint density at radius 2 is 1.73 bits per heavy atom. The Hall–Kier alpha value is -0.960. The van der Waals surface area contributed by atoms with Crippen LogP contribution < -0.4 is 5.73 Å². The van der Waals surface area contributed by atoms with E-state index in [0.29, 0.717) is 18.4 Å². The van der Waals surface area contributed by atoms with Gasteiger partial charge in [-0.1, -0.05) is 20.8 Å². The Bertz CT molecular complexity index is 297. The fraction of sp³-hybridized carbons (Fsp3) is 0.667. The molecule has 1 unspecified atom stereocenters. The van der Waals surface area contributed by atoms with Gasteiger partial charge in [-0.3, -0.25) is 0 Å². The first kappa shape index (κ1) is 12.1. The molecule has 0 spiro atoms. The molecule has 1 heterocycles. The fourth-order valence-electron chi connectivity index (χ4n) is 1.53. The highest BCUT2D eigenvalue weighted by Crippen LogP contribution is 2.09. The number of nitrogens with two attached hydrogens (primary N) is 1. The van der Waals surface area contributed by atoms with E-state index in [0.717, 1.165) is 24.2 Å². The molecule has 15 heavy (non-hydrogen) atoms. The lowest BCUT2D eigenvalue weighted by Gasteiger charge is -2.09. The minimum Gasteiger partial charge on any atom is -0.330 e. The van der Waals surface area contributed by atoms with Gasteiger partial charge in [-0.2, -0.15) is 0 Å². The molecule has 0 saturated heterocycles. The van der Waals surface area contributed by atoms with Gasteiger partial charge in [-0.05, 0) is 37.3 Å². The molecule has 0 aliphatic heterocycles. The van der Waals surface area contributed by atoms with Crippen molar-refractivity contribution in [3.05, 3.63) is 23.8 Å². The van der Waals surface area contributed by atoms with Crippen molar-refractivity contribution in [1.29, 1.82) is 0 Å². The summed E-state index contributed by atoms with van der Waals surface area (Å²) in [6.07, 6.45) is 3.63. The van der Waals surface area contributed by atoms with Gasteiger partial charge in [-0.25, -0.2) is 9.97 Å². The maximum absolute atomic E-state index is 5.60. The largest absolute Gasteiger partial charge is 0.330 e. The number of hydrogen-bond acceptors (Lipinski definition) is 3. The lowest BCUT2D eigenvalue weighted by Crippen LogP contribution is -2.14. The first-order valence-electron chi connectivity index (χ1n) is 5.61. The van der Waals surface area contributed by atoms with Gasteiger partial charge in [0.05, 0.1) is 0 Å². The van der Waals surface area contributed by atoms with Crippen LogP contribution in [0.15, 0.2) is 12.4 Å². The standard InChI is InChI=1S/C12H21N3/c1-9(2)4-11-6-12(15-8-14-11)5-10(3)7-13/h6,8-10H,4-5,7,13H2,1-3H3. The second-order valence-corrected chi connectivity index (χ2v) is 4.64. The van der Waals surface area contributed by atoms with Crippen LogP contribution in [0.2, 0.25) is 0 Å². The Labute approximate surface area is 92.1 Å². The molecule has 1 aromatic heterocycles. The zero-order chi connectivity index (χ0) is 11.3. The van der Waals surface area contributed by atoms with E-state index >= 15 is 0 Å². The van der Waals surface area contributed by atoms with Crippen LogP contribution in [-0.2, 0) is 12.8 Å². The summed E-state index contributed by atoms with van der Waals surface area (Å²) < 4.78 is 0. The van der Waals surface area contributed by atoms with Crippen molar-refractivity contribution >= 4 is 0 Å². The van der Waals surface area contributed by atoms with E-state index in [1.54, 1.807) is 6.33 Å². The predicted molar refractivity (Wildman–Crippen MR) is 62.5 cm³/mol. The van der Waals surface area contributed by atoms with Crippen molar-refractivity contribution < 1.29 is 0 Å². The second kappa shape index (κ2) is 5.81. The van der Waals surface area contributed by atoms with Crippen LogP contribution in [-0.4, -0.2) is 16.5 Å². The minimum atomic E-state index is 0.492. The maximum Gasteiger partial charge on any atom is 0.115 e. The molecule has 0 amide bonds. The van der Waals surface area contributed by atoms with Crippen molar-refractivity contribution in [2.45, 2.75) is 33.6 Å². The Morgan fingerprint density at radius 3 is 2.27 bits per heavy atom. The van der Waals surface area contributed by atoms with Crippen LogP contribution in [0.3, 0.4) is 0 Å². The first-order valence-corrected chi connectivity index (χ1v) is 5.61. The van der Waals surface area contributed by atoms with Gasteiger partial charge >= 0.3 is 0 Å². The lowest BCUT2D eigenvalue weighted by molar-refractivity contribution is 0.579. The van der Waals surface area contributed by atoms with Gasteiger partial charge in [0.15, 0.2) is 0 Å². The highest BCUT2D eigenvalue weighted by molar-refractivity contribution is 5.09. The minimum absolute atomic E-state index is 0.492. The highest BCUT2D eigenvalue weighted by Gasteiger charge is 2.05. The van der Waals surface area contributed by atoms with Gasteiger partial charge in [0.25, 0.3) is 0 Å². The van der Waals surface area contributed by atoms with Gasteiger partial charge in [0.1, 0.15) is 6.33 Å². The molecule has 0 radical (unpaired) electrons. The van der Waals surface area contributed by atoms with Gasteiger partial charge in [-0.15, -0.1) is 0 Å². The molecule has 84 valence electrons. The summed E-state index contributed by atoms with van der Waals surface area (Å²) >= 11 is 0. The zero-order valence-corrected chi connectivity index (χ0v) is 9.90. The van der Waals surface area contributed by atoms with Gasteiger partial charge in [0, 0.05) is 11.4 Å². The normalized spacial score (nSPS) is 13.1. The van der Waals surface area contributed by atoms with Crippen molar-refractivity contribution in [2.75, 3.05) is 6.54 Å². The maximum atomic E-state index is 5.60. The second-order valence-electron chi connectivity index (χ2n) is 4.64. The number of rotatable bonds is 5. The Balaban J connectivity index is 2.65. The molecule has 1 aromatic rings. The van der Waals surface area contributed by atoms with E-state index in [9.17, 15) is 0 Å². The van der Waals surface area contributed by atoms with Crippen molar-refractivity contribution in [2.24, 2.45) is 17.6 Å². The molecule has 0 fully saturated rings. The van der Waals surface area contributed by atoms with Crippen LogP contribution >= 0.6 is 0 Å². The molecule has 0 aliphatic rings. The van der Waals surface area contributed by atoms with E-state index in [4.69, 9.17) is 5.73 Å². The summed E-state index contributed by atoms with van der Waals surface area (Å²) in [7, 11) is 0. The smallest absolute Gasteiger partial charge is 0.115 e. The molecule has 3 nitrogen and oxygen atoms in total. The topological polar surface area (TPSA) is 51.8 Å². The van der Waals surface area contributed by atoms with E-state index in [1.807, 2.05) is 0 Å². The summed E-state index contributed by atoms with van der Waals surface area (Å²) in [6.45, 7) is 7.25. The molecule has 1 atom stereocenters. The molecule has 0 saturated carbocycles. The lowest BCUT2D eigenvalue weighted by atomic mass is 10.0. The number of hydrogen-bond donors (Lipinski definition) is 1. The molecule has 2 N–H and O–H groups in total. The number of nitrogens with zero attached hydrogens (tertiary/aromatic N) is 2. The highest BCUT2D eigenvalue weighted by atomic mass is 14.8. The first-order chi connectivity index (χ1) is 7.11. The third kappa shape index (κ3) is 4.38.